The van der Waals surface area contributed by atoms with Crippen molar-refractivity contribution in [2.45, 2.75) is 18.6 Å². The molecule has 1 heterocycles. The van der Waals surface area contributed by atoms with E-state index in [9.17, 15) is 33.6 Å². The van der Waals surface area contributed by atoms with Crippen LogP contribution in [0.3, 0.4) is 0 Å². The van der Waals surface area contributed by atoms with Crippen molar-refractivity contribution >= 4 is 52.7 Å². The summed E-state index contributed by atoms with van der Waals surface area (Å²) in [5, 5.41) is 51.4. The van der Waals surface area contributed by atoms with Crippen LogP contribution in [0.1, 0.15) is 13.3 Å². The second-order valence-corrected chi connectivity index (χ2v) is 10.1. The van der Waals surface area contributed by atoms with E-state index in [2.05, 4.69) is 0 Å². The lowest BCUT2D eigenvalue weighted by molar-refractivity contribution is -0.143. The molecule has 1 fully saturated rings. The zero-order valence-corrected chi connectivity index (χ0v) is 22.8. The average Bonchev–Trinajstić information content (AvgIpc) is 2.79. The molecular weight excluding hydrogens is 560 g/mol. The molecule has 0 aromatic heterocycles. The molecule has 0 bridgehead atoms. The molecule has 18 heteroatoms. The van der Waals surface area contributed by atoms with Crippen LogP contribution in [0.4, 0.5) is 0 Å². The Morgan fingerprint density at radius 1 is 0.525 bits per heavy atom. The summed E-state index contributed by atoms with van der Waals surface area (Å²) in [5.41, 5.74) is 0. The van der Waals surface area contributed by atoms with Gasteiger partial charge in [-0.25, -0.2) is 0 Å². The molecule has 17 nitrogen and oxygen atoms in total. The Kier molecular flexibility index (Phi) is 18.1. The molecule has 1 aliphatic rings. The summed E-state index contributed by atoms with van der Waals surface area (Å²) in [4.78, 5) is 81.8. The minimum atomic E-state index is -1.28. The molecule has 0 radical (unpaired) electrons. The fourth-order valence-electron chi connectivity index (χ4n) is 3.51. The van der Waals surface area contributed by atoms with E-state index >= 15 is 0 Å². The number of carboxylic acids is 6. The van der Waals surface area contributed by atoms with Crippen LogP contribution in [-0.2, 0) is 33.6 Å². The second-order valence-electron chi connectivity index (χ2n) is 8.71. The number of hydrogen-bond donors (Lipinski definition) is 6. The minimum absolute atomic E-state index is 0.229. The van der Waals surface area contributed by atoms with Gasteiger partial charge >= 0.3 is 35.8 Å². The summed E-state index contributed by atoms with van der Waals surface area (Å²) in [6.45, 7) is 2.72. The normalized spacial score (nSPS) is 17.2. The number of aliphatic carboxylic acids is 6. The van der Waals surface area contributed by atoms with Crippen molar-refractivity contribution in [3.63, 3.8) is 0 Å². The van der Waals surface area contributed by atoms with Crippen molar-refractivity contribution in [1.29, 1.82) is 0 Å². The highest BCUT2D eigenvalue weighted by atomic mass is 32.2. The molecule has 0 spiro atoms. The number of carboxylic acid groups (broad SMARTS) is 6. The topological polar surface area (TPSA) is 254 Å². The Hall–Kier alpha value is -3.32. The summed E-state index contributed by atoms with van der Waals surface area (Å²) in [6.07, 6.45) is -0.542. The number of thioether (sulfide) groups is 1. The average molecular weight is 597 g/mol. The van der Waals surface area contributed by atoms with Gasteiger partial charge < -0.3 is 30.6 Å². The predicted octanol–water partition coefficient (Wildman–Crippen LogP) is -2.26. The number of nitrogens with zero attached hydrogens (tertiary/aromatic N) is 4. The predicted molar refractivity (Wildman–Crippen MR) is 138 cm³/mol. The van der Waals surface area contributed by atoms with E-state index in [4.69, 9.17) is 30.6 Å². The first-order valence-corrected chi connectivity index (χ1v) is 12.8. The molecule has 228 valence electrons. The molecule has 0 saturated carbocycles. The molecule has 40 heavy (non-hydrogen) atoms. The van der Waals surface area contributed by atoms with E-state index in [1.54, 1.807) is 19.6 Å². The Morgan fingerprint density at radius 3 is 0.925 bits per heavy atom. The molecule has 1 rings (SSSR count). The van der Waals surface area contributed by atoms with Gasteiger partial charge in [0, 0.05) is 59.3 Å². The molecule has 1 saturated heterocycles. The zero-order valence-electron chi connectivity index (χ0n) is 22.0. The van der Waals surface area contributed by atoms with E-state index in [0.29, 0.717) is 64.1 Å². The maximum absolute atomic E-state index is 11.1. The van der Waals surface area contributed by atoms with Crippen LogP contribution in [0.2, 0.25) is 0 Å². The molecular formula is C22H36N4O13S. The highest BCUT2D eigenvalue weighted by Crippen LogP contribution is 2.15. The Labute approximate surface area is 233 Å². The van der Waals surface area contributed by atoms with Gasteiger partial charge in [0.25, 0.3) is 0 Å². The Morgan fingerprint density at radius 2 is 0.775 bits per heavy atom. The Balaban J connectivity index is 0.00000106. The van der Waals surface area contributed by atoms with Gasteiger partial charge in [-0.1, -0.05) is 11.8 Å². The summed E-state index contributed by atoms with van der Waals surface area (Å²) in [5.74, 6) is -6.58. The van der Waals surface area contributed by atoms with Gasteiger partial charge in [-0.3, -0.25) is 53.2 Å². The van der Waals surface area contributed by atoms with Gasteiger partial charge in [-0.05, 0) is 0 Å². The second kappa shape index (κ2) is 19.7. The van der Waals surface area contributed by atoms with Gasteiger partial charge in [0.1, 0.15) is 5.25 Å². The smallest absolute Gasteiger partial charge is 0.317 e. The fraction of sp³-hybridized carbons (Fsp3) is 0.682. The van der Waals surface area contributed by atoms with E-state index in [1.165, 1.54) is 6.92 Å². The number of hydrogen-bond acceptors (Lipinski definition) is 12. The highest BCUT2D eigenvalue weighted by Gasteiger charge is 2.23. The monoisotopic (exact) mass is 596 g/mol. The Bertz CT molecular complexity index is 776. The summed E-state index contributed by atoms with van der Waals surface area (Å²) >= 11 is 0.517. The van der Waals surface area contributed by atoms with Crippen LogP contribution in [-0.4, -0.2) is 175 Å². The maximum Gasteiger partial charge on any atom is 0.317 e. The SMILES string of the molecule is CC(=O)SC(CC(=O)O)C(=O)O.O=C(O)CN1CCN(CC(=O)O)CCN(CC(=O)O)CCN(CC(=O)O)CC1. The molecule has 1 aliphatic heterocycles. The van der Waals surface area contributed by atoms with E-state index in [-0.39, 0.29) is 26.2 Å². The van der Waals surface area contributed by atoms with Crippen molar-refractivity contribution < 1.29 is 64.2 Å². The van der Waals surface area contributed by atoms with Gasteiger partial charge in [-0.15, -0.1) is 0 Å². The first-order valence-electron chi connectivity index (χ1n) is 12.0. The van der Waals surface area contributed by atoms with Crippen LogP contribution in [0.15, 0.2) is 0 Å². The van der Waals surface area contributed by atoms with Crippen LogP contribution in [0, 0.1) is 0 Å². The minimum Gasteiger partial charge on any atom is -0.481 e. The molecule has 0 amide bonds. The van der Waals surface area contributed by atoms with Crippen molar-refractivity contribution in [2.24, 2.45) is 0 Å². The lowest BCUT2D eigenvalue weighted by Crippen LogP contribution is -2.49. The third kappa shape index (κ3) is 19.7. The van der Waals surface area contributed by atoms with Crippen molar-refractivity contribution in [3.8, 4) is 0 Å². The number of rotatable bonds is 12. The van der Waals surface area contributed by atoms with E-state index in [0.717, 1.165) is 0 Å². The molecule has 1 atom stereocenters. The largest absolute Gasteiger partial charge is 0.481 e. The first-order chi connectivity index (χ1) is 18.6. The third-order valence-corrected chi connectivity index (χ3v) is 6.29. The van der Waals surface area contributed by atoms with Gasteiger partial charge in [-0.2, -0.15) is 0 Å². The molecule has 1 unspecified atom stereocenters. The third-order valence-electron chi connectivity index (χ3n) is 5.31. The van der Waals surface area contributed by atoms with Crippen LogP contribution in [0.5, 0.6) is 0 Å². The number of carbonyl (C=O) groups is 7. The molecule has 0 aromatic rings. The van der Waals surface area contributed by atoms with Gasteiger partial charge in [0.05, 0.1) is 32.6 Å². The van der Waals surface area contributed by atoms with Crippen molar-refractivity contribution in [1.82, 2.24) is 19.6 Å². The lowest BCUT2D eigenvalue weighted by atomic mass is 10.3. The first kappa shape index (κ1) is 36.7. The van der Waals surface area contributed by atoms with Crippen molar-refractivity contribution in [3.05, 3.63) is 0 Å². The standard InChI is InChI=1S/C16H28N4O8.C6H8O5S/c21-13(22)9-17-1-2-18(10-14(23)24)5-6-20(12-16(27)28)8-7-19(4-3-17)11-15(25)26;1-3(7)12-4(6(10)11)2-5(8)9/h1-12H2,(H,21,22)(H,23,24)(H,25,26)(H,27,28);4H,2H2,1H3,(H,8,9)(H,10,11). The van der Waals surface area contributed by atoms with Gasteiger partial charge in [0.2, 0.25) is 0 Å². The number of carbonyl (C=O) groups excluding carboxylic acids is 1. The molecule has 0 aromatic carbocycles. The van der Waals surface area contributed by atoms with Crippen LogP contribution < -0.4 is 0 Å². The zero-order chi connectivity index (χ0) is 30.8. The van der Waals surface area contributed by atoms with Crippen molar-refractivity contribution in [2.75, 3.05) is 78.5 Å². The fourth-order valence-corrected chi connectivity index (χ4v) is 4.24. The quantitative estimate of drug-likeness (QED) is 0.139. The van der Waals surface area contributed by atoms with Gasteiger partial charge in [0.15, 0.2) is 5.12 Å². The summed E-state index contributed by atoms with van der Waals surface area (Å²) in [6, 6.07) is 0. The van der Waals surface area contributed by atoms with Crippen LogP contribution in [0.25, 0.3) is 0 Å². The summed E-state index contributed by atoms with van der Waals surface area (Å²) in [7, 11) is 0. The molecule has 0 aliphatic carbocycles. The maximum atomic E-state index is 11.1. The summed E-state index contributed by atoms with van der Waals surface area (Å²) < 4.78 is 0. The lowest BCUT2D eigenvalue weighted by Gasteiger charge is -2.32. The van der Waals surface area contributed by atoms with E-state index in [1.807, 2.05) is 0 Å². The van der Waals surface area contributed by atoms with E-state index < -0.39 is 52.6 Å². The highest BCUT2D eigenvalue weighted by molar-refractivity contribution is 8.14. The molecule has 6 N–H and O–H groups in total. The van der Waals surface area contributed by atoms with Crippen LogP contribution >= 0.6 is 11.8 Å².